The first-order valence-electron chi connectivity index (χ1n) is 5.57. The minimum atomic E-state index is -0.408. The molecule has 2 saturated heterocycles. The highest BCUT2D eigenvalue weighted by Crippen LogP contribution is 2.27. The first kappa shape index (κ1) is 10.7. The van der Waals surface area contributed by atoms with Gasteiger partial charge in [0, 0.05) is 0 Å². The summed E-state index contributed by atoms with van der Waals surface area (Å²) in [4.78, 5) is 13.6. The smallest absolute Gasteiger partial charge is 0.410 e. The van der Waals surface area contributed by atoms with Gasteiger partial charge in [-0.3, -0.25) is 0 Å². The van der Waals surface area contributed by atoms with Crippen molar-refractivity contribution in [3.63, 3.8) is 0 Å². The standard InChI is InChI=1S/C11H19NO3/c1-11(2,3)15-10(13)12-6-8-4-5-9(7-12)14-8/h8-9H,4-7H2,1-3H3. The normalized spacial score (nSPS) is 30.5. The Labute approximate surface area is 90.5 Å². The molecule has 0 spiro atoms. The number of amides is 1. The van der Waals surface area contributed by atoms with E-state index in [-0.39, 0.29) is 18.3 Å². The Morgan fingerprint density at radius 3 is 2.27 bits per heavy atom. The Kier molecular flexibility index (Phi) is 2.63. The predicted molar refractivity (Wildman–Crippen MR) is 55.7 cm³/mol. The number of ether oxygens (including phenoxy) is 2. The first-order chi connectivity index (χ1) is 6.94. The van der Waals surface area contributed by atoms with Gasteiger partial charge < -0.3 is 14.4 Å². The van der Waals surface area contributed by atoms with Crippen LogP contribution in [0.3, 0.4) is 0 Å². The molecule has 0 radical (unpaired) electrons. The molecule has 2 unspecified atom stereocenters. The van der Waals surface area contributed by atoms with E-state index in [0.717, 1.165) is 12.8 Å². The lowest BCUT2D eigenvalue weighted by Crippen LogP contribution is -2.47. The lowest BCUT2D eigenvalue weighted by Gasteiger charge is -2.33. The highest BCUT2D eigenvalue weighted by molar-refractivity contribution is 5.68. The average molecular weight is 213 g/mol. The summed E-state index contributed by atoms with van der Waals surface area (Å²) in [6, 6.07) is 0. The Morgan fingerprint density at radius 2 is 1.80 bits per heavy atom. The summed E-state index contributed by atoms with van der Waals surface area (Å²) in [5.41, 5.74) is -0.408. The summed E-state index contributed by atoms with van der Waals surface area (Å²) >= 11 is 0. The lowest BCUT2D eigenvalue weighted by atomic mass is 10.2. The van der Waals surface area contributed by atoms with Gasteiger partial charge in [0.2, 0.25) is 0 Å². The van der Waals surface area contributed by atoms with E-state index in [0.29, 0.717) is 13.1 Å². The van der Waals surface area contributed by atoms with Gasteiger partial charge in [-0.2, -0.15) is 0 Å². The molecule has 15 heavy (non-hydrogen) atoms. The molecular formula is C11H19NO3. The number of fused-ring (bicyclic) bond motifs is 2. The van der Waals surface area contributed by atoms with Crippen molar-refractivity contribution in [2.75, 3.05) is 13.1 Å². The number of likely N-dealkylation sites (tertiary alicyclic amines) is 1. The Bertz CT molecular complexity index is 247. The Balaban J connectivity index is 1.91. The minimum Gasteiger partial charge on any atom is -0.444 e. The van der Waals surface area contributed by atoms with E-state index >= 15 is 0 Å². The molecule has 4 nitrogen and oxygen atoms in total. The topological polar surface area (TPSA) is 38.8 Å². The van der Waals surface area contributed by atoms with Crippen molar-refractivity contribution < 1.29 is 14.3 Å². The van der Waals surface area contributed by atoms with Crippen LogP contribution in [0.25, 0.3) is 0 Å². The number of morpholine rings is 1. The molecule has 0 N–H and O–H groups in total. The van der Waals surface area contributed by atoms with Crippen LogP contribution in [0.1, 0.15) is 33.6 Å². The van der Waals surface area contributed by atoms with Crippen molar-refractivity contribution in [2.45, 2.75) is 51.4 Å². The molecule has 2 atom stereocenters. The van der Waals surface area contributed by atoms with Crippen LogP contribution < -0.4 is 0 Å². The van der Waals surface area contributed by atoms with E-state index in [1.54, 1.807) is 4.90 Å². The fourth-order valence-corrected chi connectivity index (χ4v) is 2.09. The van der Waals surface area contributed by atoms with E-state index < -0.39 is 5.60 Å². The highest BCUT2D eigenvalue weighted by atomic mass is 16.6. The van der Waals surface area contributed by atoms with Gasteiger partial charge in [-0.25, -0.2) is 4.79 Å². The second kappa shape index (κ2) is 3.67. The monoisotopic (exact) mass is 213 g/mol. The molecule has 2 bridgehead atoms. The van der Waals surface area contributed by atoms with Crippen LogP contribution in [0.5, 0.6) is 0 Å². The molecule has 0 aromatic rings. The molecule has 2 fully saturated rings. The maximum absolute atomic E-state index is 11.8. The summed E-state index contributed by atoms with van der Waals surface area (Å²) < 4.78 is 11.0. The predicted octanol–water partition coefficient (Wildman–Crippen LogP) is 1.78. The second-order valence-corrected chi connectivity index (χ2v) is 5.34. The minimum absolute atomic E-state index is 0.206. The second-order valence-electron chi connectivity index (χ2n) is 5.34. The molecule has 2 rings (SSSR count). The van der Waals surface area contributed by atoms with Crippen molar-refractivity contribution in [1.82, 2.24) is 4.90 Å². The zero-order chi connectivity index (χ0) is 11.1. The molecule has 2 aliphatic heterocycles. The number of carbonyl (C=O) groups is 1. The maximum atomic E-state index is 11.8. The van der Waals surface area contributed by atoms with Crippen LogP contribution >= 0.6 is 0 Å². The Morgan fingerprint density at radius 1 is 1.27 bits per heavy atom. The van der Waals surface area contributed by atoms with Crippen molar-refractivity contribution in [3.05, 3.63) is 0 Å². The third-order valence-electron chi connectivity index (χ3n) is 2.70. The van der Waals surface area contributed by atoms with Gasteiger partial charge in [-0.1, -0.05) is 0 Å². The average Bonchev–Trinajstić information content (AvgIpc) is 2.42. The number of nitrogens with zero attached hydrogens (tertiary/aromatic N) is 1. The number of hydrogen-bond donors (Lipinski definition) is 0. The molecular weight excluding hydrogens is 194 g/mol. The third-order valence-corrected chi connectivity index (χ3v) is 2.70. The van der Waals surface area contributed by atoms with E-state index in [1.807, 2.05) is 20.8 Å². The molecule has 1 amide bonds. The molecule has 0 saturated carbocycles. The van der Waals surface area contributed by atoms with Crippen LogP contribution in [0.2, 0.25) is 0 Å². The fraction of sp³-hybridized carbons (Fsp3) is 0.909. The molecule has 0 aliphatic carbocycles. The van der Waals surface area contributed by atoms with E-state index in [2.05, 4.69) is 0 Å². The maximum Gasteiger partial charge on any atom is 0.410 e. The van der Waals surface area contributed by atoms with Crippen LogP contribution in [0.15, 0.2) is 0 Å². The first-order valence-corrected chi connectivity index (χ1v) is 5.57. The molecule has 2 aliphatic rings. The highest BCUT2D eigenvalue weighted by Gasteiger charge is 2.37. The van der Waals surface area contributed by atoms with Gasteiger partial charge in [0.15, 0.2) is 0 Å². The lowest BCUT2D eigenvalue weighted by molar-refractivity contribution is -0.0492. The van der Waals surface area contributed by atoms with Crippen LogP contribution in [0.4, 0.5) is 4.79 Å². The number of carbonyl (C=O) groups excluding carboxylic acids is 1. The molecule has 2 heterocycles. The van der Waals surface area contributed by atoms with Crippen LogP contribution in [0, 0.1) is 0 Å². The summed E-state index contributed by atoms with van der Waals surface area (Å²) in [7, 11) is 0. The van der Waals surface area contributed by atoms with Gasteiger partial charge in [0.05, 0.1) is 25.3 Å². The molecule has 4 heteroatoms. The van der Waals surface area contributed by atoms with Gasteiger partial charge in [0.25, 0.3) is 0 Å². The van der Waals surface area contributed by atoms with Crippen molar-refractivity contribution >= 4 is 6.09 Å². The largest absolute Gasteiger partial charge is 0.444 e. The summed E-state index contributed by atoms with van der Waals surface area (Å²) in [6.07, 6.45) is 2.41. The zero-order valence-corrected chi connectivity index (χ0v) is 9.66. The molecule has 0 aromatic carbocycles. The fourth-order valence-electron chi connectivity index (χ4n) is 2.09. The van der Waals surface area contributed by atoms with Crippen molar-refractivity contribution in [1.29, 1.82) is 0 Å². The van der Waals surface area contributed by atoms with Gasteiger partial charge in [-0.15, -0.1) is 0 Å². The van der Waals surface area contributed by atoms with Gasteiger partial charge in [-0.05, 0) is 33.6 Å². The number of hydrogen-bond acceptors (Lipinski definition) is 3. The SMILES string of the molecule is CC(C)(C)OC(=O)N1CC2CCC(C1)O2. The molecule has 86 valence electrons. The third kappa shape index (κ3) is 2.62. The van der Waals surface area contributed by atoms with Crippen molar-refractivity contribution in [2.24, 2.45) is 0 Å². The van der Waals surface area contributed by atoms with Gasteiger partial charge in [0.1, 0.15) is 5.60 Å². The Hall–Kier alpha value is -0.770. The van der Waals surface area contributed by atoms with Crippen LogP contribution in [-0.4, -0.2) is 41.9 Å². The molecule has 0 aromatic heterocycles. The van der Waals surface area contributed by atoms with E-state index in [1.165, 1.54) is 0 Å². The zero-order valence-electron chi connectivity index (χ0n) is 9.66. The quantitative estimate of drug-likeness (QED) is 0.615. The van der Waals surface area contributed by atoms with Gasteiger partial charge >= 0.3 is 6.09 Å². The van der Waals surface area contributed by atoms with E-state index in [4.69, 9.17) is 9.47 Å². The van der Waals surface area contributed by atoms with E-state index in [9.17, 15) is 4.79 Å². The summed E-state index contributed by atoms with van der Waals surface area (Å²) in [5, 5.41) is 0. The summed E-state index contributed by atoms with van der Waals surface area (Å²) in [6.45, 7) is 7.04. The number of rotatable bonds is 0. The van der Waals surface area contributed by atoms with Crippen molar-refractivity contribution in [3.8, 4) is 0 Å². The summed E-state index contributed by atoms with van der Waals surface area (Å²) in [5.74, 6) is 0. The van der Waals surface area contributed by atoms with Crippen LogP contribution in [-0.2, 0) is 9.47 Å².